The molecule has 0 N–H and O–H groups in total. The van der Waals surface area contributed by atoms with Crippen LogP contribution >= 0.6 is 11.6 Å². The summed E-state index contributed by atoms with van der Waals surface area (Å²) >= 11 is 5.80. The highest BCUT2D eigenvalue weighted by Gasteiger charge is 2.05. The van der Waals surface area contributed by atoms with Gasteiger partial charge in [-0.3, -0.25) is 0 Å². The van der Waals surface area contributed by atoms with E-state index >= 15 is 0 Å². The quantitative estimate of drug-likeness (QED) is 0.598. The van der Waals surface area contributed by atoms with Gasteiger partial charge >= 0.3 is 5.97 Å². The van der Waals surface area contributed by atoms with Crippen LogP contribution in [-0.2, 0) is 9.53 Å². The Morgan fingerprint density at radius 3 is 2.59 bits per heavy atom. The highest BCUT2D eigenvalue weighted by Crippen LogP contribution is 2.18. The van der Waals surface area contributed by atoms with Crippen molar-refractivity contribution in [1.82, 2.24) is 0 Å². The van der Waals surface area contributed by atoms with E-state index < -0.39 is 5.97 Å². The minimum absolute atomic E-state index is 0.0720. The lowest BCUT2D eigenvalue weighted by atomic mass is 10.1. The molecule has 0 fully saturated rings. The number of methoxy groups -OCH3 is 1. The first-order chi connectivity index (χ1) is 8.20. The zero-order chi connectivity index (χ0) is 12.3. The molecule has 0 aliphatic carbocycles. The molecule has 0 saturated heterocycles. The maximum absolute atomic E-state index is 11.2. The van der Waals surface area contributed by atoms with Crippen molar-refractivity contribution in [3.63, 3.8) is 0 Å². The minimum Gasteiger partial charge on any atom is -0.465 e. The van der Waals surface area contributed by atoms with Crippen LogP contribution in [0.5, 0.6) is 0 Å². The number of halogens is 1. The van der Waals surface area contributed by atoms with Crippen LogP contribution in [-0.4, -0.2) is 13.1 Å². The number of rotatable bonds is 2. The first-order valence-corrected chi connectivity index (χ1v) is 5.53. The Kier molecular flexibility index (Phi) is 3.45. The Bertz CT molecular complexity index is 588. The van der Waals surface area contributed by atoms with E-state index in [-0.39, 0.29) is 5.03 Å². The fourth-order valence-corrected chi connectivity index (χ4v) is 1.80. The van der Waals surface area contributed by atoms with Gasteiger partial charge in [-0.05, 0) is 28.5 Å². The highest BCUT2D eigenvalue weighted by atomic mass is 35.5. The molecule has 0 amide bonds. The van der Waals surface area contributed by atoms with Gasteiger partial charge in [0.15, 0.2) is 0 Å². The summed E-state index contributed by atoms with van der Waals surface area (Å²) in [6.07, 6.45) is 1.60. The third-order valence-corrected chi connectivity index (χ3v) is 2.71. The summed E-state index contributed by atoms with van der Waals surface area (Å²) in [6, 6.07) is 13.9. The van der Waals surface area contributed by atoms with Crippen LogP contribution in [0.4, 0.5) is 0 Å². The van der Waals surface area contributed by atoms with E-state index in [2.05, 4.69) is 4.74 Å². The van der Waals surface area contributed by atoms with Crippen molar-refractivity contribution in [3.05, 3.63) is 53.1 Å². The molecule has 0 unspecified atom stereocenters. The number of hydrogen-bond donors (Lipinski definition) is 0. The van der Waals surface area contributed by atoms with E-state index in [0.717, 1.165) is 16.3 Å². The maximum Gasteiger partial charge on any atom is 0.349 e. The third-order valence-electron chi connectivity index (χ3n) is 2.45. The lowest BCUT2D eigenvalue weighted by molar-refractivity contribution is -0.135. The van der Waals surface area contributed by atoms with Crippen molar-refractivity contribution in [3.8, 4) is 0 Å². The number of hydrogen-bond acceptors (Lipinski definition) is 2. The zero-order valence-corrected chi connectivity index (χ0v) is 10.1. The molecule has 2 nitrogen and oxygen atoms in total. The summed E-state index contributed by atoms with van der Waals surface area (Å²) in [6.45, 7) is 0. The van der Waals surface area contributed by atoms with Crippen molar-refractivity contribution in [2.45, 2.75) is 0 Å². The lowest BCUT2D eigenvalue weighted by Crippen LogP contribution is -1.99. The summed E-state index contributed by atoms with van der Waals surface area (Å²) in [5.74, 6) is -0.528. The molecule has 0 aliphatic rings. The van der Waals surface area contributed by atoms with Gasteiger partial charge in [-0.1, -0.05) is 48.0 Å². The molecule has 0 aliphatic heterocycles. The first-order valence-electron chi connectivity index (χ1n) is 5.15. The van der Waals surface area contributed by atoms with Crippen LogP contribution in [0.15, 0.2) is 47.5 Å². The molecule has 86 valence electrons. The normalized spacial score (nSPS) is 11.5. The van der Waals surface area contributed by atoms with Gasteiger partial charge < -0.3 is 4.74 Å². The molecular weight excluding hydrogens is 236 g/mol. The molecule has 0 heterocycles. The molecule has 3 heteroatoms. The molecule has 0 spiro atoms. The fourth-order valence-electron chi connectivity index (χ4n) is 1.60. The average molecular weight is 247 g/mol. The van der Waals surface area contributed by atoms with Gasteiger partial charge in [0.05, 0.1) is 7.11 Å². The standard InChI is InChI=1S/C14H11ClO2/c1-17-14(16)13(15)9-10-6-7-11-4-2-3-5-12(11)8-10/h2-9H,1H3/b13-9-. The van der Waals surface area contributed by atoms with Crippen LogP contribution in [0, 0.1) is 0 Å². The molecule has 0 saturated carbocycles. The van der Waals surface area contributed by atoms with Crippen LogP contribution < -0.4 is 0 Å². The Hall–Kier alpha value is -1.80. The van der Waals surface area contributed by atoms with E-state index in [1.54, 1.807) is 6.08 Å². The Morgan fingerprint density at radius 2 is 1.88 bits per heavy atom. The second-order valence-corrected chi connectivity index (χ2v) is 4.00. The molecular formula is C14H11ClO2. The Labute approximate surface area is 104 Å². The smallest absolute Gasteiger partial charge is 0.349 e. The van der Waals surface area contributed by atoms with Crippen molar-refractivity contribution in [1.29, 1.82) is 0 Å². The van der Waals surface area contributed by atoms with Crippen molar-refractivity contribution in [2.75, 3.05) is 7.11 Å². The molecule has 2 rings (SSSR count). The second kappa shape index (κ2) is 5.02. The van der Waals surface area contributed by atoms with E-state index in [9.17, 15) is 4.79 Å². The molecule has 0 aromatic heterocycles. The van der Waals surface area contributed by atoms with E-state index in [1.807, 2.05) is 42.5 Å². The van der Waals surface area contributed by atoms with Crippen LogP contribution in [0.3, 0.4) is 0 Å². The van der Waals surface area contributed by atoms with Gasteiger partial charge in [0.25, 0.3) is 0 Å². The molecule has 0 radical (unpaired) electrons. The Morgan fingerprint density at radius 1 is 1.18 bits per heavy atom. The molecule has 2 aromatic rings. The summed E-state index contributed by atoms with van der Waals surface area (Å²) in [5.41, 5.74) is 0.874. The fraction of sp³-hybridized carbons (Fsp3) is 0.0714. The zero-order valence-electron chi connectivity index (χ0n) is 9.31. The largest absolute Gasteiger partial charge is 0.465 e. The summed E-state index contributed by atoms with van der Waals surface area (Å²) < 4.78 is 4.53. The van der Waals surface area contributed by atoms with Crippen LogP contribution in [0.2, 0.25) is 0 Å². The van der Waals surface area contributed by atoms with Crippen LogP contribution in [0.1, 0.15) is 5.56 Å². The second-order valence-electron chi connectivity index (χ2n) is 3.59. The highest BCUT2D eigenvalue weighted by molar-refractivity contribution is 6.43. The van der Waals surface area contributed by atoms with Crippen molar-refractivity contribution < 1.29 is 9.53 Å². The maximum atomic E-state index is 11.2. The SMILES string of the molecule is COC(=O)/C(Cl)=C/c1ccc2ccccc2c1. The number of fused-ring (bicyclic) bond motifs is 1. The third kappa shape index (κ3) is 2.66. The number of esters is 1. The molecule has 0 bridgehead atoms. The number of carbonyl (C=O) groups is 1. The summed E-state index contributed by atoms with van der Waals surface area (Å²) in [7, 11) is 1.30. The van der Waals surface area contributed by atoms with Gasteiger partial charge in [-0.15, -0.1) is 0 Å². The van der Waals surface area contributed by atoms with E-state index in [0.29, 0.717) is 0 Å². The summed E-state index contributed by atoms with van der Waals surface area (Å²) in [4.78, 5) is 11.2. The van der Waals surface area contributed by atoms with Gasteiger partial charge in [0, 0.05) is 0 Å². The monoisotopic (exact) mass is 246 g/mol. The number of benzene rings is 2. The van der Waals surface area contributed by atoms with Crippen molar-refractivity contribution in [2.24, 2.45) is 0 Å². The van der Waals surface area contributed by atoms with Crippen LogP contribution in [0.25, 0.3) is 16.8 Å². The first kappa shape index (κ1) is 11.7. The van der Waals surface area contributed by atoms with Crippen molar-refractivity contribution >= 4 is 34.4 Å². The average Bonchev–Trinajstić information content (AvgIpc) is 2.37. The summed E-state index contributed by atoms with van der Waals surface area (Å²) in [5, 5.41) is 2.33. The lowest BCUT2D eigenvalue weighted by Gasteiger charge is -2.00. The number of ether oxygens (including phenoxy) is 1. The predicted octanol–water partition coefficient (Wildman–Crippen LogP) is 3.59. The molecule has 17 heavy (non-hydrogen) atoms. The van der Waals surface area contributed by atoms with Gasteiger partial charge in [-0.2, -0.15) is 0 Å². The van der Waals surface area contributed by atoms with E-state index in [1.165, 1.54) is 7.11 Å². The molecule has 2 aromatic carbocycles. The Balaban J connectivity index is 2.40. The molecule has 0 atom stereocenters. The predicted molar refractivity (Wildman–Crippen MR) is 69.8 cm³/mol. The van der Waals surface area contributed by atoms with E-state index in [4.69, 9.17) is 11.6 Å². The minimum atomic E-state index is -0.528. The number of carbonyl (C=O) groups excluding carboxylic acids is 1. The van der Waals surface area contributed by atoms with Gasteiger partial charge in [0.1, 0.15) is 5.03 Å². The van der Waals surface area contributed by atoms with Gasteiger partial charge in [0.2, 0.25) is 0 Å². The van der Waals surface area contributed by atoms with Gasteiger partial charge in [-0.25, -0.2) is 4.79 Å². The topological polar surface area (TPSA) is 26.3 Å².